The van der Waals surface area contributed by atoms with E-state index in [1.165, 1.54) is 5.37 Å². The average molecular weight is 119 g/mol. The largest absolute Gasteiger partial charge is 0.391 e. The molecule has 7 heavy (non-hydrogen) atoms. The summed E-state index contributed by atoms with van der Waals surface area (Å²) in [6.07, 6.45) is -0.516. The maximum Gasteiger partial charge on any atom is 0.0707 e. The lowest BCUT2D eigenvalue weighted by molar-refractivity contribution is 0.188. The minimum absolute atomic E-state index is 0.352. The molecule has 0 heterocycles. The highest BCUT2D eigenvalue weighted by Gasteiger charge is 2.02. The van der Waals surface area contributed by atoms with Crippen LogP contribution >= 0.6 is 12.2 Å². The molecular weight excluding hydrogens is 110 g/mol. The minimum Gasteiger partial charge on any atom is -0.391 e. The molecule has 2 atom stereocenters. The standard InChI is InChI=1S/C4H9NOS/c1-3(6)4(5)2-7/h2-4,6H,5H2,1H3/t3?,4-/m0/s1. The molecule has 3 N–H and O–H groups in total. The molecule has 1 unspecified atom stereocenters. The fourth-order valence-corrected chi connectivity index (χ4v) is 0.341. The van der Waals surface area contributed by atoms with Gasteiger partial charge >= 0.3 is 0 Å². The lowest BCUT2D eigenvalue weighted by atomic mass is 10.2. The van der Waals surface area contributed by atoms with Gasteiger partial charge in [-0.2, -0.15) is 0 Å². The Morgan fingerprint density at radius 3 is 2.29 bits per heavy atom. The van der Waals surface area contributed by atoms with E-state index in [1.807, 2.05) is 0 Å². The summed E-state index contributed by atoms with van der Waals surface area (Å²) < 4.78 is 0. The third-order valence-corrected chi connectivity index (χ3v) is 1.03. The van der Waals surface area contributed by atoms with Crippen molar-refractivity contribution in [2.75, 3.05) is 0 Å². The molecule has 0 aromatic carbocycles. The topological polar surface area (TPSA) is 46.2 Å². The average Bonchev–Trinajstić information content (AvgIpc) is 1.65. The number of hydrogen-bond donors (Lipinski definition) is 2. The van der Waals surface area contributed by atoms with Crippen molar-refractivity contribution in [3.8, 4) is 0 Å². The van der Waals surface area contributed by atoms with E-state index in [1.54, 1.807) is 6.92 Å². The smallest absolute Gasteiger partial charge is 0.0707 e. The molecule has 0 aliphatic heterocycles. The van der Waals surface area contributed by atoms with Crippen LogP contribution in [0.4, 0.5) is 0 Å². The van der Waals surface area contributed by atoms with Gasteiger partial charge in [0, 0.05) is 0 Å². The molecule has 0 amide bonds. The lowest BCUT2D eigenvalue weighted by Gasteiger charge is -2.05. The first-order valence-corrected chi connectivity index (χ1v) is 2.54. The Morgan fingerprint density at radius 1 is 1.86 bits per heavy atom. The summed E-state index contributed by atoms with van der Waals surface area (Å²) in [5, 5.41) is 9.95. The van der Waals surface area contributed by atoms with Gasteiger partial charge in [0.2, 0.25) is 0 Å². The molecule has 0 aliphatic carbocycles. The van der Waals surface area contributed by atoms with Gasteiger partial charge in [-0.25, -0.2) is 0 Å². The molecule has 0 saturated carbocycles. The van der Waals surface area contributed by atoms with Crippen LogP contribution in [0.25, 0.3) is 0 Å². The Balaban J connectivity index is 3.33. The van der Waals surface area contributed by atoms with Crippen LogP contribution in [0.2, 0.25) is 0 Å². The second-order valence-corrected chi connectivity index (χ2v) is 1.73. The van der Waals surface area contributed by atoms with Gasteiger partial charge in [-0.3, -0.25) is 0 Å². The zero-order valence-corrected chi connectivity index (χ0v) is 4.98. The van der Waals surface area contributed by atoms with E-state index in [0.717, 1.165) is 0 Å². The van der Waals surface area contributed by atoms with Crippen molar-refractivity contribution in [1.82, 2.24) is 0 Å². The van der Waals surface area contributed by atoms with Gasteiger partial charge < -0.3 is 10.8 Å². The van der Waals surface area contributed by atoms with E-state index in [2.05, 4.69) is 12.2 Å². The molecule has 0 saturated heterocycles. The van der Waals surface area contributed by atoms with Gasteiger partial charge in [0.25, 0.3) is 0 Å². The summed E-state index contributed by atoms with van der Waals surface area (Å²) in [6, 6.07) is -0.352. The molecular formula is C4H9NOS. The van der Waals surface area contributed by atoms with Crippen LogP contribution in [0.1, 0.15) is 6.92 Å². The maximum atomic E-state index is 8.60. The van der Waals surface area contributed by atoms with Crippen LogP contribution in [0.15, 0.2) is 0 Å². The normalized spacial score (nSPS) is 18.1. The third kappa shape index (κ3) is 2.68. The molecule has 0 rings (SSSR count). The second-order valence-electron chi connectivity index (χ2n) is 1.45. The van der Waals surface area contributed by atoms with Crippen molar-refractivity contribution in [2.24, 2.45) is 5.73 Å². The van der Waals surface area contributed by atoms with Crippen molar-refractivity contribution in [3.05, 3.63) is 0 Å². The zero-order chi connectivity index (χ0) is 5.86. The van der Waals surface area contributed by atoms with Crippen LogP contribution in [0.3, 0.4) is 0 Å². The van der Waals surface area contributed by atoms with Crippen molar-refractivity contribution in [3.63, 3.8) is 0 Å². The Bertz CT molecular complexity index is 64.7. The third-order valence-electron chi connectivity index (χ3n) is 0.714. The monoisotopic (exact) mass is 119 g/mol. The van der Waals surface area contributed by atoms with Crippen LogP contribution in [-0.2, 0) is 0 Å². The van der Waals surface area contributed by atoms with Crippen molar-refractivity contribution in [2.45, 2.75) is 19.1 Å². The second kappa shape index (κ2) is 3.07. The van der Waals surface area contributed by atoms with Gasteiger partial charge in [0.05, 0.1) is 12.1 Å². The summed E-state index contributed by atoms with van der Waals surface area (Å²) in [6.45, 7) is 1.60. The lowest BCUT2D eigenvalue weighted by Crippen LogP contribution is -2.32. The number of rotatable bonds is 2. The zero-order valence-electron chi connectivity index (χ0n) is 4.16. The summed E-state index contributed by atoms with van der Waals surface area (Å²) in [5.74, 6) is 0. The molecule has 0 aromatic rings. The molecule has 42 valence electrons. The SMILES string of the molecule is CC(O)[C@@H](N)C=S. The highest BCUT2D eigenvalue weighted by Crippen LogP contribution is 1.82. The van der Waals surface area contributed by atoms with Crippen LogP contribution in [0.5, 0.6) is 0 Å². The van der Waals surface area contributed by atoms with Crippen molar-refractivity contribution < 1.29 is 5.11 Å². The summed E-state index contributed by atoms with van der Waals surface area (Å²) in [5.41, 5.74) is 5.21. The molecule has 3 heteroatoms. The molecule has 0 aliphatic rings. The Hall–Kier alpha value is 0.01000. The first-order valence-electron chi connectivity index (χ1n) is 2.07. The Labute approximate surface area is 48.3 Å². The van der Waals surface area contributed by atoms with E-state index < -0.39 is 6.10 Å². The number of hydrogen-bond acceptors (Lipinski definition) is 3. The minimum atomic E-state index is -0.516. The number of thiocarbonyl (C=S) groups is 1. The quantitative estimate of drug-likeness (QED) is 0.490. The molecule has 0 bridgehead atoms. The number of aliphatic hydroxyl groups excluding tert-OH is 1. The first kappa shape index (κ1) is 7.01. The van der Waals surface area contributed by atoms with Gasteiger partial charge in [-0.1, -0.05) is 12.2 Å². The van der Waals surface area contributed by atoms with Crippen LogP contribution < -0.4 is 5.73 Å². The van der Waals surface area contributed by atoms with E-state index in [4.69, 9.17) is 10.8 Å². The molecule has 2 nitrogen and oxygen atoms in total. The van der Waals surface area contributed by atoms with E-state index in [0.29, 0.717) is 0 Å². The number of nitrogens with two attached hydrogens (primary N) is 1. The van der Waals surface area contributed by atoms with E-state index >= 15 is 0 Å². The van der Waals surface area contributed by atoms with Crippen LogP contribution in [-0.4, -0.2) is 22.6 Å². The van der Waals surface area contributed by atoms with Gasteiger partial charge in [0.15, 0.2) is 0 Å². The van der Waals surface area contributed by atoms with Crippen LogP contribution in [0, 0.1) is 0 Å². The summed E-state index contributed by atoms with van der Waals surface area (Å²) in [7, 11) is 0. The summed E-state index contributed by atoms with van der Waals surface area (Å²) in [4.78, 5) is 0. The highest BCUT2D eigenvalue weighted by atomic mass is 32.1. The van der Waals surface area contributed by atoms with Crippen molar-refractivity contribution >= 4 is 17.6 Å². The fourth-order valence-electron chi connectivity index (χ4n) is 0.114. The van der Waals surface area contributed by atoms with Crippen molar-refractivity contribution in [1.29, 1.82) is 0 Å². The Morgan fingerprint density at radius 2 is 2.29 bits per heavy atom. The van der Waals surface area contributed by atoms with Gasteiger partial charge in [-0.15, -0.1) is 0 Å². The molecule has 0 radical (unpaired) electrons. The van der Waals surface area contributed by atoms with Gasteiger partial charge in [0.1, 0.15) is 0 Å². The maximum absolute atomic E-state index is 8.60. The van der Waals surface area contributed by atoms with E-state index in [9.17, 15) is 0 Å². The number of aliphatic hydroxyl groups is 1. The molecule has 0 fully saturated rings. The summed E-state index contributed by atoms with van der Waals surface area (Å²) >= 11 is 4.44. The Kier molecular flexibility index (Phi) is 3.07. The first-order chi connectivity index (χ1) is 3.18. The predicted octanol–water partition coefficient (Wildman–Crippen LogP) is -0.306. The highest BCUT2D eigenvalue weighted by molar-refractivity contribution is 7.79. The molecule has 0 spiro atoms. The van der Waals surface area contributed by atoms with Gasteiger partial charge in [-0.05, 0) is 12.3 Å². The fraction of sp³-hybridized carbons (Fsp3) is 0.750. The van der Waals surface area contributed by atoms with E-state index in [-0.39, 0.29) is 6.04 Å². The predicted molar refractivity (Wildman–Crippen MR) is 33.3 cm³/mol. The molecule has 0 aromatic heterocycles.